The van der Waals surface area contributed by atoms with E-state index in [9.17, 15) is 9.18 Å². The largest absolute Gasteiger partial charge is 0.359 e. The summed E-state index contributed by atoms with van der Waals surface area (Å²) in [7, 11) is 0. The van der Waals surface area contributed by atoms with Crippen molar-refractivity contribution in [3.63, 3.8) is 0 Å². The van der Waals surface area contributed by atoms with Gasteiger partial charge in [-0.3, -0.25) is 9.69 Å². The molecule has 2 saturated heterocycles. The third-order valence-electron chi connectivity index (χ3n) is 6.75. The van der Waals surface area contributed by atoms with Gasteiger partial charge in [-0.15, -0.1) is 0 Å². The molecular formula is C27H36ClFN4O. The van der Waals surface area contributed by atoms with Gasteiger partial charge in [0.2, 0.25) is 5.91 Å². The normalized spacial score (nSPS) is 22.2. The Hall–Kier alpha value is -2.15. The first-order valence-electron chi connectivity index (χ1n) is 12.2. The molecule has 4 rings (SSSR count). The molecule has 1 N–H and O–H groups in total. The second-order valence-electron chi connectivity index (χ2n) is 10.6. The first-order chi connectivity index (χ1) is 16.1. The average molecular weight is 487 g/mol. The number of rotatable bonds is 4. The Morgan fingerprint density at radius 3 is 2.47 bits per heavy atom. The van der Waals surface area contributed by atoms with E-state index >= 15 is 0 Å². The molecule has 2 aliphatic heterocycles. The number of amides is 1. The Kier molecular flexibility index (Phi) is 7.51. The maximum absolute atomic E-state index is 14.9. The summed E-state index contributed by atoms with van der Waals surface area (Å²) in [4.78, 5) is 19.5. The fourth-order valence-electron chi connectivity index (χ4n) is 4.99. The van der Waals surface area contributed by atoms with Gasteiger partial charge in [-0.1, -0.05) is 56.6 Å². The predicted octanol–water partition coefficient (Wildman–Crippen LogP) is 4.71. The van der Waals surface area contributed by atoms with Crippen molar-refractivity contribution in [1.29, 1.82) is 0 Å². The summed E-state index contributed by atoms with van der Waals surface area (Å²) in [6, 6.07) is 13.8. The second kappa shape index (κ2) is 10.2. The van der Waals surface area contributed by atoms with Crippen LogP contribution in [0.15, 0.2) is 42.5 Å². The first-order valence-corrected chi connectivity index (χ1v) is 12.6. The molecule has 2 aromatic carbocycles. The number of hydrogen-bond donors (Lipinski definition) is 1. The number of nitrogens with zero attached hydrogens (tertiary/aromatic N) is 3. The summed E-state index contributed by atoms with van der Waals surface area (Å²) < 4.78 is 14.9. The van der Waals surface area contributed by atoms with Gasteiger partial charge in [-0.05, 0) is 36.2 Å². The van der Waals surface area contributed by atoms with Crippen LogP contribution in [0.5, 0.6) is 0 Å². The number of nitrogens with one attached hydrogen (secondary N) is 1. The van der Waals surface area contributed by atoms with E-state index in [-0.39, 0.29) is 17.8 Å². The number of hydrogen-bond acceptors (Lipinski definition) is 4. The molecule has 5 nitrogen and oxygen atoms in total. The van der Waals surface area contributed by atoms with Crippen LogP contribution in [-0.4, -0.2) is 61.0 Å². The second-order valence-corrected chi connectivity index (χ2v) is 11.1. The smallest absolute Gasteiger partial charge is 0.228 e. The summed E-state index contributed by atoms with van der Waals surface area (Å²) in [6.45, 7) is 13.7. The van der Waals surface area contributed by atoms with Gasteiger partial charge in [0.05, 0.1) is 11.7 Å². The standard InChI is InChI=1S/C27H36ClFN4O/c1-19-16-31(12-11-30-19)17-20-5-7-21(8-6-20)25-18-32(26(34)27(2,3)4)13-14-33(25)24-10-9-22(28)15-23(24)29/h5-10,15,19,25,30H,11-14,16-18H2,1-4H3/t19-,25+/m1/s1. The number of carbonyl (C=O) groups excluding carboxylic acids is 1. The van der Waals surface area contributed by atoms with Crippen molar-refractivity contribution in [2.45, 2.75) is 46.3 Å². The minimum absolute atomic E-state index is 0.123. The molecule has 2 aromatic rings. The lowest BCUT2D eigenvalue weighted by atomic mass is 9.92. The molecule has 184 valence electrons. The molecule has 0 aromatic heterocycles. The highest BCUT2D eigenvalue weighted by Crippen LogP contribution is 2.35. The van der Waals surface area contributed by atoms with Crippen LogP contribution < -0.4 is 10.2 Å². The molecule has 2 fully saturated rings. The van der Waals surface area contributed by atoms with Crippen LogP contribution in [0.25, 0.3) is 0 Å². The van der Waals surface area contributed by atoms with Gasteiger partial charge < -0.3 is 15.1 Å². The van der Waals surface area contributed by atoms with Crippen LogP contribution in [0, 0.1) is 11.2 Å². The van der Waals surface area contributed by atoms with Crippen molar-refractivity contribution < 1.29 is 9.18 Å². The highest BCUT2D eigenvalue weighted by atomic mass is 35.5. The van der Waals surface area contributed by atoms with Gasteiger partial charge in [-0.2, -0.15) is 0 Å². The monoisotopic (exact) mass is 486 g/mol. The molecule has 7 heteroatoms. The Labute approximate surface area is 207 Å². The van der Waals surface area contributed by atoms with Crippen molar-refractivity contribution in [3.05, 3.63) is 64.4 Å². The van der Waals surface area contributed by atoms with Crippen LogP contribution in [-0.2, 0) is 11.3 Å². The van der Waals surface area contributed by atoms with Gasteiger partial charge in [0.1, 0.15) is 5.82 Å². The molecular weight excluding hydrogens is 451 g/mol. The molecule has 0 bridgehead atoms. The zero-order valence-corrected chi connectivity index (χ0v) is 21.4. The average Bonchev–Trinajstić information content (AvgIpc) is 2.78. The van der Waals surface area contributed by atoms with Crippen LogP contribution >= 0.6 is 11.6 Å². The molecule has 0 aliphatic carbocycles. The van der Waals surface area contributed by atoms with Crippen molar-refractivity contribution in [2.75, 3.05) is 44.2 Å². The Morgan fingerprint density at radius 1 is 1.09 bits per heavy atom. The SMILES string of the molecule is C[C@@H]1CN(Cc2ccc([C@@H]3CN(C(=O)C(C)(C)C)CCN3c3ccc(Cl)cc3F)cc2)CCN1. The number of benzene rings is 2. The van der Waals surface area contributed by atoms with Crippen LogP contribution in [0.1, 0.15) is 44.9 Å². The van der Waals surface area contributed by atoms with Gasteiger partial charge in [0.25, 0.3) is 0 Å². The topological polar surface area (TPSA) is 38.8 Å². The van der Waals surface area contributed by atoms with Crippen LogP contribution in [0.3, 0.4) is 0 Å². The lowest BCUT2D eigenvalue weighted by Crippen LogP contribution is -2.53. The zero-order chi connectivity index (χ0) is 24.5. The van der Waals surface area contributed by atoms with E-state index in [1.54, 1.807) is 12.1 Å². The predicted molar refractivity (Wildman–Crippen MR) is 137 cm³/mol. The fraction of sp³-hybridized carbons (Fsp3) is 0.519. The van der Waals surface area contributed by atoms with Crippen molar-refractivity contribution in [3.8, 4) is 0 Å². The van der Waals surface area contributed by atoms with E-state index in [1.807, 2.05) is 25.7 Å². The molecule has 0 saturated carbocycles. The lowest BCUT2D eigenvalue weighted by Gasteiger charge is -2.44. The molecule has 0 radical (unpaired) electrons. The fourth-order valence-corrected chi connectivity index (χ4v) is 5.15. The lowest BCUT2D eigenvalue weighted by molar-refractivity contribution is -0.140. The third-order valence-corrected chi connectivity index (χ3v) is 6.99. The minimum Gasteiger partial charge on any atom is -0.359 e. The summed E-state index contributed by atoms with van der Waals surface area (Å²) in [6.07, 6.45) is 0. The summed E-state index contributed by atoms with van der Waals surface area (Å²) >= 11 is 6.01. The van der Waals surface area contributed by atoms with E-state index in [1.165, 1.54) is 11.6 Å². The maximum Gasteiger partial charge on any atom is 0.228 e. The van der Waals surface area contributed by atoms with E-state index in [2.05, 4.69) is 46.3 Å². The highest BCUT2D eigenvalue weighted by molar-refractivity contribution is 6.30. The number of anilines is 1. The highest BCUT2D eigenvalue weighted by Gasteiger charge is 2.35. The zero-order valence-electron chi connectivity index (χ0n) is 20.7. The summed E-state index contributed by atoms with van der Waals surface area (Å²) in [5, 5.41) is 3.86. The Bertz CT molecular complexity index is 1010. The van der Waals surface area contributed by atoms with Gasteiger partial charge in [0, 0.05) is 62.3 Å². The molecule has 0 unspecified atom stereocenters. The minimum atomic E-state index is -0.456. The van der Waals surface area contributed by atoms with Crippen molar-refractivity contribution in [2.24, 2.45) is 5.41 Å². The summed E-state index contributed by atoms with van der Waals surface area (Å²) in [5.74, 6) is -0.212. The Morgan fingerprint density at radius 2 is 1.82 bits per heavy atom. The number of piperazine rings is 2. The molecule has 34 heavy (non-hydrogen) atoms. The van der Waals surface area contributed by atoms with Crippen molar-refractivity contribution >= 4 is 23.2 Å². The van der Waals surface area contributed by atoms with Crippen LogP contribution in [0.4, 0.5) is 10.1 Å². The van der Waals surface area contributed by atoms with E-state index in [0.29, 0.717) is 36.4 Å². The Balaban J connectivity index is 1.58. The van der Waals surface area contributed by atoms with E-state index in [0.717, 1.165) is 31.7 Å². The maximum atomic E-state index is 14.9. The van der Waals surface area contributed by atoms with Crippen molar-refractivity contribution in [1.82, 2.24) is 15.1 Å². The number of halogens is 2. The number of carbonyl (C=O) groups is 1. The van der Waals surface area contributed by atoms with Crippen LogP contribution in [0.2, 0.25) is 5.02 Å². The van der Waals surface area contributed by atoms with E-state index < -0.39 is 5.41 Å². The molecule has 1 amide bonds. The molecule has 2 aliphatic rings. The van der Waals surface area contributed by atoms with Gasteiger partial charge in [0.15, 0.2) is 0 Å². The van der Waals surface area contributed by atoms with E-state index in [4.69, 9.17) is 11.6 Å². The first kappa shape index (κ1) is 25.0. The molecule has 0 spiro atoms. The van der Waals surface area contributed by atoms with Gasteiger partial charge in [-0.25, -0.2) is 4.39 Å². The summed E-state index contributed by atoms with van der Waals surface area (Å²) in [5.41, 5.74) is 2.41. The quantitative estimate of drug-likeness (QED) is 0.679. The third kappa shape index (κ3) is 5.73. The molecule has 2 heterocycles. The van der Waals surface area contributed by atoms with Gasteiger partial charge >= 0.3 is 0 Å². The molecule has 2 atom stereocenters.